The number of hydrogen-bond acceptors (Lipinski definition) is 3. The van der Waals surface area contributed by atoms with Gasteiger partial charge >= 0.3 is 0 Å². The summed E-state index contributed by atoms with van der Waals surface area (Å²) in [6.07, 6.45) is 0. The Morgan fingerprint density at radius 2 is 0.918 bits per heavy atom. The first kappa shape index (κ1) is 28.3. The highest BCUT2D eigenvalue weighted by molar-refractivity contribution is 7.26. The average molecular weight is 660 g/mol. The number of nitrogens with zero attached hydrogens (tertiary/aromatic N) is 1. The molecule has 230 valence electrons. The average Bonchev–Trinajstić information content (AvgIpc) is 3.72. The molecule has 0 saturated carbocycles. The maximum atomic E-state index is 2.40. The molecular weight excluding hydrogens is 631 g/mol. The monoisotopic (exact) mass is 659 g/mol. The molecule has 2 heterocycles. The Morgan fingerprint density at radius 1 is 0.306 bits per heavy atom. The van der Waals surface area contributed by atoms with Gasteiger partial charge in [0, 0.05) is 57.4 Å². The molecule has 1 nitrogen and oxygen atoms in total. The Morgan fingerprint density at radius 3 is 1.71 bits per heavy atom. The summed E-state index contributed by atoms with van der Waals surface area (Å²) in [5.74, 6) is 0. The van der Waals surface area contributed by atoms with Gasteiger partial charge in [0.15, 0.2) is 0 Å². The third-order valence-corrected chi connectivity index (χ3v) is 11.9. The number of benzene rings is 8. The zero-order chi connectivity index (χ0) is 32.3. The summed E-state index contributed by atoms with van der Waals surface area (Å²) in [6, 6.07) is 64.4. The van der Waals surface area contributed by atoms with Crippen LogP contribution >= 0.6 is 22.7 Å². The molecule has 0 bridgehead atoms. The SMILES string of the molecule is c1ccc(-c2cccc(N(c3ccc(-c4cccc5cc6sc7ccccc7c6cc45)cc3)c3ccc4c(c3)sc3ccccc34)c2)cc1. The standard InChI is InChI=1S/C46H29NS2/c1-2-10-30(11-3-1)32-12-8-14-35(26-32)47(36-24-25-40-38-15-4-6-18-43(38)49-46(40)28-36)34-22-20-31(21-23-34)37-17-9-13-33-27-45-42(29-41(33)37)39-16-5-7-19-44(39)48-45/h1-29H. The molecule has 0 saturated heterocycles. The minimum Gasteiger partial charge on any atom is -0.310 e. The Labute approximate surface area is 292 Å². The smallest absolute Gasteiger partial charge is 0.0476 e. The summed E-state index contributed by atoms with van der Waals surface area (Å²) in [7, 11) is 0. The molecule has 0 atom stereocenters. The van der Waals surface area contributed by atoms with Crippen molar-refractivity contribution in [2.75, 3.05) is 4.90 Å². The maximum absolute atomic E-state index is 2.40. The van der Waals surface area contributed by atoms with Crippen molar-refractivity contribution in [3.8, 4) is 22.3 Å². The largest absolute Gasteiger partial charge is 0.310 e. The summed E-state index contributed by atoms with van der Waals surface area (Å²) < 4.78 is 5.29. The third kappa shape index (κ3) is 4.82. The van der Waals surface area contributed by atoms with Crippen molar-refractivity contribution in [2.24, 2.45) is 0 Å². The summed E-state index contributed by atoms with van der Waals surface area (Å²) in [4.78, 5) is 2.39. The van der Waals surface area contributed by atoms with Gasteiger partial charge in [0.1, 0.15) is 0 Å². The van der Waals surface area contributed by atoms with Crippen LogP contribution in [0.5, 0.6) is 0 Å². The van der Waals surface area contributed by atoms with Gasteiger partial charge in [0.2, 0.25) is 0 Å². The summed E-state index contributed by atoms with van der Waals surface area (Å²) in [5.41, 5.74) is 8.28. The first-order valence-electron chi connectivity index (χ1n) is 16.6. The molecule has 0 unspecified atom stereocenters. The van der Waals surface area contributed by atoms with Crippen molar-refractivity contribution in [3.05, 3.63) is 176 Å². The quantitative estimate of drug-likeness (QED) is 0.178. The van der Waals surface area contributed by atoms with Crippen molar-refractivity contribution in [1.82, 2.24) is 0 Å². The topological polar surface area (TPSA) is 3.24 Å². The fraction of sp³-hybridized carbons (Fsp3) is 0. The summed E-state index contributed by atoms with van der Waals surface area (Å²) in [5, 5.41) is 7.85. The van der Waals surface area contributed by atoms with Crippen LogP contribution in [0.4, 0.5) is 17.1 Å². The van der Waals surface area contributed by atoms with Gasteiger partial charge in [-0.1, -0.05) is 115 Å². The molecule has 0 N–H and O–H groups in total. The molecule has 10 aromatic rings. The van der Waals surface area contributed by atoms with E-state index in [0.29, 0.717) is 0 Å². The molecule has 8 aromatic carbocycles. The number of thiophene rings is 2. The molecule has 0 radical (unpaired) electrons. The van der Waals surface area contributed by atoms with Crippen LogP contribution in [0.3, 0.4) is 0 Å². The van der Waals surface area contributed by atoms with Crippen molar-refractivity contribution < 1.29 is 0 Å². The predicted octanol–water partition coefficient (Wildman–Crippen LogP) is 14.4. The van der Waals surface area contributed by atoms with Crippen LogP contribution in [0.1, 0.15) is 0 Å². The van der Waals surface area contributed by atoms with E-state index in [2.05, 4.69) is 181 Å². The van der Waals surface area contributed by atoms with Crippen LogP contribution in [0.25, 0.3) is 73.4 Å². The number of anilines is 3. The minimum atomic E-state index is 1.13. The zero-order valence-electron chi connectivity index (χ0n) is 26.5. The number of hydrogen-bond donors (Lipinski definition) is 0. The van der Waals surface area contributed by atoms with E-state index in [1.165, 1.54) is 73.4 Å². The summed E-state index contributed by atoms with van der Waals surface area (Å²) >= 11 is 3.74. The molecule has 0 aliphatic heterocycles. The van der Waals surface area contributed by atoms with E-state index < -0.39 is 0 Å². The fourth-order valence-corrected chi connectivity index (χ4v) is 9.57. The molecule has 0 spiro atoms. The highest BCUT2D eigenvalue weighted by Crippen LogP contribution is 2.43. The second kappa shape index (κ2) is 11.5. The first-order valence-corrected chi connectivity index (χ1v) is 18.2. The van der Waals surface area contributed by atoms with Gasteiger partial charge in [-0.15, -0.1) is 22.7 Å². The highest BCUT2D eigenvalue weighted by atomic mass is 32.1. The molecule has 3 heteroatoms. The Hall–Kier alpha value is -5.74. The van der Waals surface area contributed by atoms with Crippen LogP contribution < -0.4 is 4.90 Å². The van der Waals surface area contributed by atoms with Crippen LogP contribution in [0.15, 0.2) is 176 Å². The van der Waals surface area contributed by atoms with E-state index in [4.69, 9.17) is 0 Å². The van der Waals surface area contributed by atoms with E-state index in [1.807, 2.05) is 22.7 Å². The lowest BCUT2D eigenvalue weighted by Crippen LogP contribution is -2.09. The van der Waals surface area contributed by atoms with Gasteiger partial charge < -0.3 is 4.90 Å². The van der Waals surface area contributed by atoms with E-state index in [9.17, 15) is 0 Å². The van der Waals surface area contributed by atoms with Gasteiger partial charge in [-0.3, -0.25) is 0 Å². The van der Waals surface area contributed by atoms with Gasteiger partial charge in [-0.25, -0.2) is 0 Å². The fourth-order valence-electron chi connectivity index (χ4n) is 7.29. The van der Waals surface area contributed by atoms with Gasteiger partial charge in [-0.2, -0.15) is 0 Å². The van der Waals surface area contributed by atoms with E-state index in [0.717, 1.165) is 17.1 Å². The second-order valence-corrected chi connectivity index (χ2v) is 14.7. The normalized spacial score (nSPS) is 11.7. The molecular formula is C46H29NS2. The van der Waals surface area contributed by atoms with E-state index in [-0.39, 0.29) is 0 Å². The molecule has 0 aliphatic rings. The van der Waals surface area contributed by atoms with Crippen LogP contribution in [0, 0.1) is 0 Å². The number of rotatable bonds is 5. The van der Waals surface area contributed by atoms with E-state index in [1.54, 1.807) is 0 Å². The lowest BCUT2D eigenvalue weighted by molar-refractivity contribution is 1.29. The molecule has 0 aliphatic carbocycles. The molecule has 2 aromatic heterocycles. The lowest BCUT2D eigenvalue weighted by Gasteiger charge is -2.26. The number of fused-ring (bicyclic) bond motifs is 7. The van der Waals surface area contributed by atoms with Gasteiger partial charge in [0.25, 0.3) is 0 Å². The molecule has 0 amide bonds. The van der Waals surface area contributed by atoms with Crippen molar-refractivity contribution in [3.63, 3.8) is 0 Å². The molecule has 0 fully saturated rings. The predicted molar refractivity (Wildman–Crippen MR) is 215 cm³/mol. The Kier molecular flexibility index (Phi) is 6.61. The highest BCUT2D eigenvalue weighted by Gasteiger charge is 2.17. The Balaban J connectivity index is 1.11. The molecule has 49 heavy (non-hydrogen) atoms. The zero-order valence-corrected chi connectivity index (χ0v) is 28.1. The van der Waals surface area contributed by atoms with E-state index >= 15 is 0 Å². The third-order valence-electron chi connectivity index (χ3n) is 9.65. The molecule has 10 rings (SSSR count). The lowest BCUT2D eigenvalue weighted by atomic mass is 9.96. The van der Waals surface area contributed by atoms with Crippen LogP contribution in [-0.4, -0.2) is 0 Å². The minimum absolute atomic E-state index is 1.13. The van der Waals surface area contributed by atoms with Gasteiger partial charge in [0.05, 0.1) is 0 Å². The Bertz CT molecular complexity index is 2830. The summed E-state index contributed by atoms with van der Waals surface area (Å²) in [6.45, 7) is 0. The van der Waals surface area contributed by atoms with Crippen LogP contribution in [-0.2, 0) is 0 Å². The van der Waals surface area contributed by atoms with Crippen molar-refractivity contribution >= 4 is 90.9 Å². The van der Waals surface area contributed by atoms with Gasteiger partial charge in [-0.05, 0) is 93.7 Å². The van der Waals surface area contributed by atoms with Crippen molar-refractivity contribution in [1.29, 1.82) is 0 Å². The van der Waals surface area contributed by atoms with Crippen molar-refractivity contribution in [2.45, 2.75) is 0 Å². The first-order chi connectivity index (χ1) is 24.3. The van der Waals surface area contributed by atoms with Crippen LogP contribution in [0.2, 0.25) is 0 Å². The maximum Gasteiger partial charge on any atom is 0.0476 e. The second-order valence-electron chi connectivity index (χ2n) is 12.6.